The molecule has 3 heteroatoms. The van der Waals surface area contributed by atoms with Gasteiger partial charge in [0.15, 0.2) is 0 Å². The highest BCUT2D eigenvalue weighted by Crippen LogP contribution is 2.49. The molecule has 2 nitrogen and oxygen atoms in total. The number of thiophene rings is 1. The standard InChI is InChI=1S/C15H20O2S/c16-13-10-14(17-11-12-6-5-9-18-12)15(13)7-3-1-2-4-8-15/h5-6,9,14H,1-4,7-8,10-11H2. The van der Waals surface area contributed by atoms with Gasteiger partial charge in [0.05, 0.1) is 18.1 Å². The minimum atomic E-state index is -0.103. The van der Waals surface area contributed by atoms with Gasteiger partial charge in [-0.2, -0.15) is 0 Å². The second-order valence-corrected chi connectivity index (χ2v) is 6.61. The van der Waals surface area contributed by atoms with Crippen LogP contribution >= 0.6 is 11.3 Å². The molecular formula is C15H20O2S. The Labute approximate surface area is 112 Å². The zero-order chi connectivity index (χ0) is 12.4. The largest absolute Gasteiger partial charge is 0.371 e. The summed E-state index contributed by atoms with van der Waals surface area (Å²) in [7, 11) is 0. The normalized spacial score (nSPS) is 26.9. The summed E-state index contributed by atoms with van der Waals surface area (Å²) in [6, 6.07) is 4.15. The van der Waals surface area contributed by atoms with E-state index in [2.05, 4.69) is 17.5 Å². The Hall–Kier alpha value is -0.670. The lowest BCUT2D eigenvalue weighted by Crippen LogP contribution is -2.54. The van der Waals surface area contributed by atoms with E-state index < -0.39 is 0 Å². The number of ether oxygens (including phenoxy) is 1. The summed E-state index contributed by atoms with van der Waals surface area (Å²) in [6.07, 6.45) is 7.91. The van der Waals surface area contributed by atoms with E-state index in [1.54, 1.807) is 11.3 Å². The highest BCUT2D eigenvalue weighted by molar-refractivity contribution is 7.09. The Balaban J connectivity index is 1.63. The minimum absolute atomic E-state index is 0.103. The molecule has 1 heterocycles. The number of hydrogen-bond donors (Lipinski definition) is 0. The first-order valence-corrected chi connectivity index (χ1v) is 7.86. The monoisotopic (exact) mass is 264 g/mol. The van der Waals surface area contributed by atoms with Crippen LogP contribution in [0.3, 0.4) is 0 Å². The summed E-state index contributed by atoms with van der Waals surface area (Å²) in [6.45, 7) is 0.678. The molecule has 2 saturated carbocycles. The highest BCUT2D eigenvalue weighted by Gasteiger charge is 2.54. The zero-order valence-electron chi connectivity index (χ0n) is 10.7. The molecule has 0 bridgehead atoms. The van der Waals surface area contributed by atoms with Gasteiger partial charge in [-0.05, 0) is 24.3 Å². The Morgan fingerprint density at radius 1 is 1.28 bits per heavy atom. The molecule has 3 rings (SSSR count). The van der Waals surface area contributed by atoms with E-state index in [9.17, 15) is 4.79 Å². The van der Waals surface area contributed by atoms with Gasteiger partial charge in [-0.1, -0.05) is 31.7 Å². The van der Waals surface area contributed by atoms with Crippen LogP contribution in [0, 0.1) is 5.41 Å². The fraction of sp³-hybridized carbons (Fsp3) is 0.667. The second kappa shape index (κ2) is 5.14. The molecule has 0 aliphatic heterocycles. The van der Waals surface area contributed by atoms with E-state index in [0.29, 0.717) is 18.8 Å². The van der Waals surface area contributed by atoms with Gasteiger partial charge in [0.1, 0.15) is 5.78 Å². The molecule has 0 amide bonds. The van der Waals surface area contributed by atoms with Crippen LogP contribution < -0.4 is 0 Å². The number of rotatable bonds is 3. The van der Waals surface area contributed by atoms with Gasteiger partial charge in [0, 0.05) is 11.3 Å². The fourth-order valence-corrected chi connectivity index (χ4v) is 4.00. The maximum absolute atomic E-state index is 12.1. The fourth-order valence-electron chi connectivity index (χ4n) is 3.37. The van der Waals surface area contributed by atoms with E-state index in [-0.39, 0.29) is 11.5 Å². The van der Waals surface area contributed by atoms with Crippen molar-refractivity contribution in [1.29, 1.82) is 0 Å². The van der Waals surface area contributed by atoms with Gasteiger partial charge in [-0.25, -0.2) is 0 Å². The van der Waals surface area contributed by atoms with E-state index in [1.807, 2.05) is 0 Å². The molecule has 18 heavy (non-hydrogen) atoms. The second-order valence-electron chi connectivity index (χ2n) is 5.58. The van der Waals surface area contributed by atoms with Crippen molar-refractivity contribution >= 4 is 17.1 Å². The first-order chi connectivity index (χ1) is 8.81. The summed E-state index contributed by atoms with van der Waals surface area (Å²) in [5.41, 5.74) is -0.103. The average molecular weight is 264 g/mol. The van der Waals surface area contributed by atoms with Gasteiger partial charge in [-0.15, -0.1) is 11.3 Å². The summed E-state index contributed by atoms with van der Waals surface area (Å²) in [5, 5.41) is 2.08. The molecule has 2 aliphatic rings. The van der Waals surface area contributed by atoms with Gasteiger partial charge < -0.3 is 4.74 Å². The first-order valence-electron chi connectivity index (χ1n) is 6.98. The number of hydrogen-bond acceptors (Lipinski definition) is 3. The average Bonchev–Trinajstić information content (AvgIpc) is 2.75. The Kier molecular flexibility index (Phi) is 3.53. The van der Waals surface area contributed by atoms with Crippen LogP contribution in [0.25, 0.3) is 0 Å². The van der Waals surface area contributed by atoms with Crippen LogP contribution in [0.15, 0.2) is 17.5 Å². The SMILES string of the molecule is O=C1CC(OCc2cccs2)C12CCCCCC2. The summed E-state index contributed by atoms with van der Waals surface area (Å²) >= 11 is 1.73. The van der Waals surface area contributed by atoms with Crippen LogP contribution in [-0.4, -0.2) is 11.9 Å². The van der Waals surface area contributed by atoms with Gasteiger partial charge in [0.2, 0.25) is 0 Å². The summed E-state index contributed by atoms with van der Waals surface area (Å²) in [5.74, 6) is 0.459. The maximum atomic E-state index is 12.1. The van der Waals surface area contributed by atoms with E-state index >= 15 is 0 Å². The molecule has 0 saturated heterocycles. The van der Waals surface area contributed by atoms with Gasteiger partial charge in [0.25, 0.3) is 0 Å². The lowest BCUT2D eigenvalue weighted by Gasteiger charge is -2.47. The summed E-state index contributed by atoms with van der Waals surface area (Å²) in [4.78, 5) is 13.3. The lowest BCUT2D eigenvalue weighted by atomic mass is 9.60. The van der Waals surface area contributed by atoms with Crippen molar-refractivity contribution in [2.24, 2.45) is 5.41 Å². The third-order valence-electron chi connectivity index (χ3n) is 4.55. The van der Waals surface area contributed by atoms with Crippen LogP contribution in [0.1, 0.15) is 49.8 Å². The molecular weight excluding hydrogens is 244 g/mol. The molecule has 2 fully saturated rings. The molecule has 0 radical (unpaired) electrons. The van der Waals surface area contributed by atoms with Crippen LogP contribution in [-0.2, 0) is 16.1 Å². The minimum Gasteiger partial charge on any atom is -0.371 e. The molecule has 1 unspecified atom stereocenters. The highest BCUT2D eigenvalue weighted by atomic mass is 32.1. The number of ketones is 1. The van der Waals surface area contributed by atoms with E-state index in [1.165, 1.54) is 30.6 Å². The molecule has 1 aromatic heterocycles. The molecule has 1 atom stereocenters. The van der Waals surface area contributed by atoms with Gasteiger partial charge in [-0.3, -0.25) is 4.79 Å². The quantitative estimate of drug-likeness (QED) is 0.826. The number of Topliss-reactive ketones (excluding diaryl/α,β-unsaturated/α-hetero) is 1. The van der Waals surface area contributed by atoms with Crippen molar-refractivity contribution < 1.29 is 9.53 Å². The predicted molar refractivity (Wildman–Crippen MR) is 72.7 cm³/mol. The third kappa shape index (κ3) is 2.14. The van der Waals surface area contributed by atoms with Crippen molar-refractivity contribution in [2.75, 3.05) is 0 Å². The molecule has 1 spiro atoms. The Bertz CT molecular complexity index is 402. The number of carbonyl (C=O) groups excluding carboxylic acids is 1. The smallest absolute Gasteiger partial charge is 0.144 e. The topological polar surface area (TPSA) is 26.3 Å². The van der Waals surface area contributed by atoms with Crippen molar-refractivity contribution in [1.82, 2.24) is 0 Å². The van der Waals surface area contributed by atoms with Crippen molar-refractivity contribution in [3.63, 3.8) is 0 Å². The predicted octanol–water partition coefficient (Wildman–Crippen LogP) is 3.95. The van der Waals surface area contributed by atoms with E-state index in [0.717, 1.165) is 12.8 Å². The number of carbonyl (C=O) groups is 1. The molecule has 2 aliphatic carbocycles. The van der Waals surface area contributed by atoms with Crippen LogP contribution in [0.2, 0.25) is 0 Å². The first kappa shape index (κ1) is 12.4. The summed E-state index contributed by atoms with van der Waals surface area (Å²) < 4.78 is 6.03. The molecule has 0 N–H and O–H groups in total. The zero-order valence-corrected chi connectivity index (χ0v) is 11.5. The van der Waals surface area contributed by atoms with Crippen LogP contribution in [0.5, 0.6) is 0 Å². The van der Waals surface area contributed by atoms with Crippen LogP contribution in [0.4, 0.5) is 0 Å². The Morgan fingerprint density at radius 2 is 2.06 bits per heavy atom. The maximum Gasteiger partial charge on any atom is 0.144 e. The van der Waals surface area contributed by atoms with Crippen molar-refractivity contribution in [3.05, 3.63) is 22.4 Å². The molecule has 0 aromatic carbocycles. The van der Waals surface area contributed by atoms with E-state index in [4.69, 9.17) is 4.74 Å². The van der Waals surface area contributed by atoms with Gasteiger partial charge >= 0.3 is 0 Å². The van der Waals surface area contributed by atoms with Crippen molar-refractivity contribution in [3.8, 4) is 0 Å². The Morgan fingerprint density at radius 3 is 2.67 bits per heavy atom. The third-order valence-corrected chi connectivity index (χ3v) is 5.40. The molecule has 1 aromatic rings. The molecule has 98 valence electrons. The lowest BCUT2D eigenvalue weighted by molar-refractivity contribution is -0.167. The van der Waals surface area contributed by atoms with Crippen molar-refractivity contribution in [2.45, 2.75) is 57.7 Å².